The van der Waals surface area contributed by atoms with E-state index in [1.54, 1.807) is 4.68 Å². The second kappa shape index (κ2) is 3.23. The van der Waals surface area contributed by atoms with Crippen molar-refractivity contribution in [3.05, 3.63) is 47.2 Å². The molecule has 0 atom stereocenters. The van der Waals surface area contributed by atoms with Crippen molar-refractivity contribution in [2.24, 2.45) is 0 Å². The molecule has 1 aromatic heterocycles. The predicted octanol–water partition coefficient (Wildman–Crippen LogP) is 2.63. The summed E-state index contributed by atoms with van der Waals surface area (Å²) in [5.74, 6) is 0. The van der Waals surface area contributed by atoms with Crippen molar-refractivity contribution in [3.63, 3.8) is 0 Å². The van der Waals surface area contributed by atoms with E-state index in [4.69, 9.17) is 11.6 Å². The van der Waals surface area contributed by atoms with E-state index in [-0.39, 0.29) is 0 Å². The Morgan fingerprint density at radius 3 is 2.77 bits per heavy atom. The van der Waals surface area contributed by atoms with Crippen molar-refractivity contribution in [1.29, 1.82) is 0 Å². The summed E-state index contributed by atoms with van der Waals surface area (Å²) < 4.78 is 1.65. The van der Waals surface area contributed by atoms with Crippen molar-refractivity contribution in [1.82, 2.24) is 9.78 Å². The molecule has 2 rings (SSSR count). The fourth-order valence-electron chi connectivity index (χ4n) is 1.12. The molecule has 0 aliphatic heterocycles. The van der Waals surface area contributed by atoms with Crippen LogP contribution in [0.3, 0.4) is 0 Å². The average molecular weight is 192 g/mol. The molecular formula is C10H8ClN2. The minimum atomic E-state index is 0.682. The fourth-order valence-corrected chi connectivity index (χ4v) is 1.33. The van der Waals surface area contributed by atoms with Gasteiger partial charge in [0.25, 0.3) is 0 Å². The second-order valence-electron chi connectivity index (χ2n) is 2.78. The van der Waals surface area contributed by atoms with Gasteiger partial charge in [-0.05, 0) is 25.1 Å². The molecule has 0 aliphatic rings. The summed E-state index contributed by atoms with van der Waals surface area (Å²) in [6.45, 7) is 1.92. The van der Waals surface area contributed by atoms with Crippen molar-refractivity contribution in [2.45, 2.75) is 6.92 Å². The summed E-state index contributed by atoms with van der Waals surface area (Å²) in [7, 11) is 0. The topological polar surface area (TPSA) is 17.8 Å². The third-order valence-corrected chi connectivity index (χ3v) is 2.05. The number of benzene rings is 1. The van der Waals surface area contributed by atoms with Crippen LogP contribution in [0.2, 0.25) is 5.02 Å². The Balaban J connectivity index is 2.52. The highest BCUT2D eigenvalue weighted by Crippen LogP contribution is 2.18. The van der Waals surface area contributed by atoms with Crippen molar-refractivity contribution >= 4 is 11.6 Å². The van der Waals surface area contributed by atoms with E-state index in [1.165, 1.54) is 0 Å². The number of aromatic nitrogens is 2. The maximum absolute atomic E-state index is 5.99. The minimum absolute atomic E-state index is 0.682. The van der Waals surface area contributed by atoms with Crippen LogP contribution in [-0.2, 0) is 0 Å². The van der Waals surface area contributed by atoms with Gasteiger partial charge in [0, 0.05) is 0 Å². The van der Waals surface area contributed by atoms with Crippen LogP contribution in [-0.4, -0.2) is 9.78 Å². The van der Waals surface area contributed by atoms with Crippen molar-refractivity contribution in [3.8, 4) is 5.69 Å². The van der Waals surface area contributed by atoms with Crippen LogP contribution < -0.4 is 0 Å². The number of halogens is 1. The SMILES string of the molecule is Cc1c[c]n(-c2ccccc2Cl)n1. The Labute approximate surface area is 81.8 Å². The van der Waals surface area contributed by atoms with Crippen LogP contribution in [0.4, 0.5) is 0 Å². The standard InChI is InChI=1S/C10H8ClN2/c1-8-6-7-13(12-8)10-5-3-2-4-9(10)11/h2-6H,1H3. The summed E-state index contributed by atoms with van der Waals surface area (Å²) in [6.07, 6.45) is 2.98. The highest BCUT2D eigenvalue weighted by molar-refractivity contribution is 6.32. The molecule has 0 unspecified atom stereocenters. The van der Waals surface area contributed by atoms with Gasteiger partial charge < -0.3 is 0 Å². The molecule has 0 bridgehead atoms. The molecule has 2 nitrogen and oxygen atoms in total. The number of aryl methyl sites for hydroxylation is 1. The molecule has 0 fully saturated rings. The lowest BCUT2D eigenvalue weighted by atomic mass is 10.3. The third-order valence-electron chi connectivity index (χ3n) is 1.73. The Morgan fingerprint density at radius 1 is 1.38 bits per heavy atom. The minimum Gasteiger partial charge on any atom is -0.230 e. The quantitative estimate of drug-likeness (QED) is 0.678. The highest BCUT2D eigenvalue weighted by atomic mass is 35.5. The molecule has 3 heteroatoms. The smallest absolute Gasteiger partial charge is 0.0930 e. The molecule has 1 aromatic carbocycles. The van der Waals surface area contributed by atoms with Crippen LogP contribution in [0, 0.1) is 13.1 Å². The molecule has 1 heterocycles. The molecule has 1 radical (unpaired) electrons. The van der Waals surface area contributed by atoms with Gasteiger partial charge in [-0.3, -0.25) is 0 Å². The van der Waals surface area contributed by atoms with Crippen LogP contribution in [0.5, 0.6) is 0 Å². The van der Waals surface area contributed by atoms with Crippen LogP contribution in [0.25, 0.3) is 5.69 Å². The Bertz CT molecular complexity index is 420. The van der Waals surface area contributed by atoms with Gasteiger partial charge in [0.05, 0.1) is 22.6 Å². The van der Waals surface area contributed by atoms with Gasteiger partial charge in [0.1, 0.15) is 0 Å². The van der Waals surface area contributed by atoms with E-state index in [2.05, 4.69) is 11.3 Å². The molecule has 0 saturated heterocycles. The van der Waals surface area contributed by atoms with Gasteiger partial charge in [-0.15, -0.1) is 0 Å². The fraction of sp³-hybridized carbons (Fsp3) is 0.100. The van der Waals surface area contributed by atoms with Gasteiger partial charge >= 0.3 is 0 Å². The highest BCUT2D eigenvalue weighted by Gasteiger charge is 2.01. The van der Waals surface area contributed by atoms with Gasteiger partial charge in [0.2, 0.25) is 0 Å². The zero-order valence-corrected chi connectivity index (χ0v) is 7.92. The second-order valence-corrected chi connectivity index (χ2v) is 3.19. The summed E-state index contributed by atoms with van der Waals surface area (Å²) >= 11 is 5.99. The first kappa shape index (κ1) is 8.32. The Kier molecular flexibility index (Phi) is 2.07. The summed E-state index contributed by atoms with van der Waals surface area (Å²) in [5, 5.41) is 4.90. The number of nitrogens with zero attached hydrogens (tertiary/aromatic N) is 2. The lowest BCUT2D eigenvalue weighted by Crippen LogP contribution is -1.95. The van der Waals surface area contributed by atoms with Crippen molar-refractivity contribution < 1.29 is 0 Å². The first-order chi connectivity index (χ1) is 6.27. The molecule has 0 aliphatic carbocycles. The molecular weight excluding hydrogens is 184 g/mol. The van der Waals surface area contributed by atoms with Crippen LogP contribution >= 0.6 is 11.6 Å². The van der Waals surface area contributed by atoms with Crippen LogP contribution in [0.1, 0.15) is 5.69 Å². The Morgan fingerprint density at radius 2 is 2.15 bits per heavy atom. The first-order valence-electron chi connectivity index (χ1n) is 3.96. The molecule has 65 valence electrons. The lowest BCUT2D eigenvalue weighted by molar-refractivity contribution is 0.857. The van der Waals surface area contributed by atoms with Crippen molar-refractivity contribution in [2.75, 3.05) is 0 Å². The maximum atomic E-state index is 5.99. The molecule has 0 N–H and O–H groups in total. The average Bonchev–Trinajstić information content (AvgIpc) is 2.53. The van der Waals surface area contributed by atoms with E-state index in [0.29, 0.717) is 5.02 Å². The van der Waals surface area contributed by atoms with E-state index in [0.717, 1.165) is 11.4 Å². The number of para-hydroxylation sites is 1. The van der Waals surface area contributed by atoms with Gasteiger partial charge in [-0.2, -0.15) is 5.10 Å². The number of hydrogen-bond acceptors (Lipinski definition) is 1. The molecule has 0 spiro atoms. The zero-order chi connectivity index (χ0) is 9.26. The van der Waals surface area contributed by atoms with E-state index in [1.807, 2.05) is 37.3 Å². The van der Waals surface area contributed by atoms with E-state index >= 15 is 0 Å². The lowest BCUT2D eigenvalue weighted by Gasteiger charge is -2.01. The zero-order valence-electron chi connectivity index (χ0n) is 7.16. The third kappa shape index (κ3) is 1.58. The molecule has 0 saturated carbocycles. The summed E-state index contributed by atoms with van der Waals surface area (Å²) in [4.78, 5) is 0. The molecule has 2 aromatic rings. The molecule has 13 heavy (non-hydrogen) atoms. The number of hydrogen-bond donors (Lipinski definition) is 0. The maximum Gasteiger partial charge on any atom is 0.0930 e. The van der Waals surface area contributed by atoms with Gasteiger partial charge in [0.15, 0.2) is 0 Å². The van der Waals surface area contributed by atoms with Gasteiger partial charge in [-0.25, -0.2) is 4.68 Å². The summed E-state index contributed by atoms with van der Waals surface area (Å²) in [5.41, 5.74) is 1.79. The normalized spacial score (nSPS) is 10.3. The van der Waals surface area contributed by atoms with Gasteiger partial charge in [-0.1, -0.05) is 23.7 Å². The van der Waals surface area contributed by atoms with Crippen LogP contribution in [0.15, 0.2) is 30.3 Å². The predicted molar refractivity (Wildman–Crippen MR) is 52.1 cm³/mol. The molecule has 0 amide bonds. The van der Waals surface area contributed by atoms with E-state index in [9.17, 15) is 0 Å². The van der Waals surface area contributed by atoms with E-state index < -0.39 is 0 Å². The monoisotopic (exact) mass is 191 g/mol. The first-order valence-corrected chi connectivity index (χ1v) is 4.34. The Hall–Kier alpha value is -1.28. The number of rotatable bonds is 1. The summed E-state index contributed by atoms with van der Waals surface area (Å²) in [6, 6.07) is 9.38. The largest absolute Gasteiger partial charge is 0.230 e.